The number of nitrogens with zero attached hydrogens (tertiary/aromatic N) is 4. The molecule has 8 heteroatoms. The highest BCUT2D eigenvalue weighted by molar-refractivity contribution is 5.93. The maximum atomic E-state index is 12.9. The van der Waals surface area contributed by atoms with E-state index in [0.717, 1.165) is 17.1 Å². The van der Waals surface area contributed by atoms with Crippen LogP contribution in [0, 0.1) is 5.82 Å². The zero-order valence-electron chi connectivity index (χ0n) is 17.6. The molecule has 1 aromatic heterocycles. The molecule has 4 rings (SSSR count). The van der Waals surface area contributed by atoms with Crippen molar-refractivity contribution >= 4 is 23.3 Å². The lowest BCUT2D eigenvalue weighted by Gasteiger charge is -2.35. The monoisotopic (exact) mass is 433 g/mol. The summed E-state index contributed by atoms with van der Waals surface area (Å²) in [6, 6.07) is 19.3. The van der Waals surface area contributed by atoms with E-state index in [1.165, 1.54) is 24.3 Å². The quantitative estimate of drug-likeness (QED) is 0.645. The van der Waals surface area contributed by atoms with Crippen molar-refractivity contribution in [3.8, 4) is 11.3 Å². The van der Waals surface area contributed by atoms with Gasteiger partial charge in [0.2, 0.25) is 11.8 Å². The van der Waals surface area contributed by atoms with Gasteiger partial charge in [0, 0.05) is 50.3 Å². The van der Waals surface area contributed by atoms with Gasteiger partial charge < -0.3 is 15.1 Å². The van der Waals surface area contributed by atoms with Gasteiger partial charge >= 0.3 is 0 Å². The van der Waals surface area contributed by atoms with Crippen molar-refractivity contribution in [1.82, 2.24) is 15.1 Å². The third-order valence-corrected chi connectivity index (χ3v) is 5.37. The maximum absolute atomic E-state index is 12.9. The number of piperazine rings is 1. The van der Waals surface area contributed by atoms with Gasteiger partial charge in [-0.05, 0) is 36.4 Å². The smallest absolute Gasteiger partial charge is 0.224 e. The Balaban J connectivity index is 1.23. The number of rotatable bonds is 6. The van der Waals surface area contributed by atoms with E-state index in [1.54, 1.807) is 4.90 Å². The van der Waals surface area contributed by atoms with Gasteiger partial charge in [-0.25, -0.2) is 4.39 Å². The highest BCUT2D eigenvalue weighted by Gasteiger charge is 2.22. The molecule has 32 heavy (non-hydrogen) atoms. The molecule has 0 saturated carbocycles. The van der Waals surface area contributed by atoms with Crippen LogP contribution in [-0.4, -0.2) is 53.1 Å². The van der Waals surface area contributed by atoms with Crippen LogP contribution in [0.3, 0.4) is 0 Å². The summed E-state index contributed by atoms with van der Waals surface area (Å²) in [6.07, 6.45) is 0.224. The van der Waals surface area contributed by atoms with Crippen LogP contribution in [0.2, 0.25) is 0 Å². The van der Waals surface area contributed by atoms with Crippen molar-refractivity contribution in [2.24, 2.45) is 0 Å². The van der Waals surface area contributed by atoms with Crippen molar-refractivity contribution in [3.05, 3.63) is 72.5 Å². The van der Waals surface area contributed by atoms with E-state index in [-0.39, 0.29) is 30.5 Å². The summed E-state index contributed by atoms with van der Waals surface area (Å²) in [4.78, 5) is 28.4. The zero-order valence-corrected chi connectivity index (χ0v) is 17.6. The van der Waals surface area contributed by atoms with E-state index in [2.05, 4.69) is 20.4 Å². The van der Waals surface area contributed by atoms with Gasteiger partial charge in [-0.1, -0.05) is 30.3 Å². The number of amides is 2. The van der Waals surface area contributed by atoms with Gasteiger partial charge in [0.15, 0.2) is 5.82 Å². The number of carbonyl (C=O) groups excluding carboxylic acids is 2. The van der Waals surface area contributed by atoms with Crippen molar-refractivity contribution in [2.75, 3.05) is 36.4 Å². The first-order valence-corrected chi connectivity index (χ1v) is 10.6. The second-order valence-corrected chi connectivity index (χ2v) is 7.57. The van der Waals surface area contributed by atoms with Crippen LogP contribution < -0.4 is 10.2 Å². The number of carbonyl (C=O) groups is 2. The summed E-state index contributed by atoms with van der Waals surface area (Å²) in [5.74, 6) is 0.104. The average Bonchev–Trinajstić information content (AvgIpc) is 2.85. The number of nitrogens with one attached hydrogen (secondary N) is 1. The van der Waals surface area contributed by atoms with Gasteiger partial charge in [0.1, 0.15) is 5.82 Å². The first kappa shape index (κ1) is 21.4. The van der Waals surface area contributed by atoms with E-state index in [1.807, 2.05) is 42.5 Å². The fourth-order valence-electron chi connectivity index (χ4n) is 3.58. The van der Waals surface area contributed by atoms with Crippen molar-refractivity contribution in [2.45, 2.75) is 12.8 Å². The summed E-state index contributed by atoms with van der Waals surface area (Å²) in [5.41, 5.74) is 2.35. The molecule has 0 atom stereocenters. The predicted molar refractivity (Wildman–Crippen MR) is 121 cm³/mol. The maximum Gasteiger partial charge on any atom is 0.224 e. The van der Waals surface area contributed by atoms with Crippen LogP contribution in [0.15, 0.2) is 66.7 Å². The van der Waals surface area contributed by atoms with Crippen molar-refractivity contribution in [3.63, 3.8) is 0 Å². The SMILES string of the molecule is O=C(CCC(=O)N1CCN(c2ccc(-c3ccccc3)nn2)CC1)Nc1ccc(F)cc1. The molecule has 1 N–H and O–H groups in total. The molecular formula is C24H24FN5O2. The minimum atomic E-state index is -0.365. The second-order valence-electron chi connectivity index (χ2n) is 7.57. The number of hydrogen-bond donors (Lipinski definition) is 1. The van der Waals surface area contributed by atoms with Crippen LogP contribution >= 0.6 is 0 Å². The molecule has 3 aromatic rings. The Morgan fingerprint density at radius 1 is 0.844 bits per heavy atom. The molecule has 0 aliphatic carbocycles. The van der Waals surface area contributed by atoms with Crippen molar-refractivity contribution < 1.29 is 14.0 Å². The molecular weight excluding hydrogens is 409 g/mol. The molecule has 2 amide bonds. The van der Waals surface area contributed by atoms with E-state index >= 15 is 0 Å². The predicted octanol–water partition coefficient (Wildman–Crippen LogP) is 3.35. The molecule has 0 spiro atoms. The topological polar surface area (TPSA) is 78.4 Å². The molecule has 1 saturated heterocycles. The number of halogens is 1. The van der Waals surface area contributed by atoms with Crippen LogP contribution in [0.25, 0.3) is 11.3 Å². The standard InChI is InChI=1S/C24H24FN5O2/c25-19-6-8-20(9-7-19)26-23(31)12-13-24(32)30-16-14-29(15-17-30)22-11-10-21(27-28-22)18-4-2-1-3-5-18/h1-11H,12-17H2,(H,26,31). The molecule has 7 nitrogen and oxygen atoms in total. The average molecular weight is 433 g/mol. The van der Waals surface area contributed by atoms with Crippen LogP contribution in [0.4, 0.5) is 15.9 Å². The summed E-state index contributed by atoms with van der Waals surface area (Å²) in [6.45, 7) is 2.46. The van der Waals surface area contributed by atoms with Gasteiger partial charge in [0.05, 0.1) is 5.69 Å². The molecule has 1 fully saturated rings. The Labute approximate surface area is 185 Å². The summed E-state index contributed by atoms with van der Waals surface area (Å²) < 4.78 is 12.9. The first-order valence-electron chi connectivity index (χ1n) is 10.6. The number of anilines is 2. The molecule has 164 valence electrons. The first-order chi connectivity index (χ1) is 15.6. The summed E-state index contributed by atoms with van der Waals surface area (Å²) in [5, 5.41) is 11.4. The van der Waals surface area contributed by atoms with E-state index < -0.39 is 0 Å². The Morgan fingerprint density at radius 2 is 1.56 bits per heavy atom. The molecule has 2 aromatic carbocycles. The third kappa shape index (κ3) is 5.46. The largest absolute Gasteiger partial charge is 0.352 e. The molecule has 1 aliphatic heterocycles. The second kappa shape index (κ2) is 10.00. The van der Waals surface area contributed by atoms with Crippen LogP contribution in [0.5, 0.6) is 0 Å². The van der Waals surface area contributed by atoms with Crippen LogP contribution in [0.1, 0.15) is 12.8 Å². The molecule has 2 heterocycles. The lowest BCUT2D eigenvalue weighted by Crippen LogP contribution is -2.49. The Bertz CT molecular complexity index is 1050. The van der Waals surface area contributed by atoms with Gasteiger partial charge in [-0.15, -0.1) is 10.2 Å². The Kier molecular flexibility index (Phi) is 6.69. The summed E-state index contributed by atoms with van der Waals surface area (Å²) in [7, 11) is 0. The van der Waals surface area contributed by atoms with Crippen molar-refractivity contribution in [1.29, 1.82) is 0 Å². The van der Waals surface area contributed by atoms with E-state index in [4.69, 9.17) is 0 Å². The highest BCUT2D eigenvalue weighted by Crippen LogP contribution is 2.19. The molecule has 1 aliphatic rings. The van der Waals surface area contributed by atoms with Gasteiger partial charge in [-0.2, -0.15) is 0 Å². The molecule has 0 bridgehead atoms. The highest BCUT2D eigenvalue weighted by atomic mass is 19.1. The third-order valence-electron chi connectivity index (χ3n) is 5.37. The number of hydrogen-bond acceptors (Lipinski definition) is 5. The Morgan fingerprint density at radius 3 is 2.22 bits per heavy atom. The number of benzene rings is 2. The van der Waals surface area contributed by atoms with Crippen LogP contribution in [-0.2, 0) is 9.59 Å². The fraction of sp³-hybridized carbons (Fsp3) is 0.250. The lowest BCUT2D eigenvalue weighted by atomic mass is 10.1. The molecule has 0 unspecified atom stereocenters. The lowest BCUT2D eigenvalue weighted by molar-refractivity contribution is -0.133. The Hall–Kier alpha value is -3.81. The minimum absolute atomic E-state index is 0.0515. The van der Waals surface area contributed by atoms with Gasteiger partial charge in [0.25, 0.3) is 0 Å². The zero-order chi connectivity index (χ0) is 22.3. The minimum Gasteiger partial charge on any atom is -0.352 e. The molecule has 0 radical (unpaired) electrons. The fourth-order valence-corrected chi connectivity index (χ4v) is 3.58. The van der Waals surface area contributed by atoms with E-state index in [9.17, 15) is 14.0 Å². The normalized spacial score (nSPS) is 13.7. The van der Waals surface area contributed by atoms with Gasteiger partial charge in [-0.3, -0.25) is 9.59 Å². The summed E-state index contributed by atoms with van der Waals surface area (Å²) >= 11 is 0. The number of aromatic nitrogens is 2. The van der Waals surface area contributed by atoms with E-state index in [0.29, 0.717) is 31.9 Å².